The Morgan fingerprint density at radius 2 is 1.84 bits per heavy atom. The minimum absolute atomic E-state index is 0.0364. The molecule has 1 aliphatic carbocycles. The zero-order valence-corrected chi connectivity index (χ0v) is 23.2. The molecule has 186 valence electrons. The lowest BCUT2D eigenvalue weighted by atomic mass is 9.83. The van der Waals surface area contributed by atoms with Crippen molar-refractivity contribution in [3.8, 4) is 11.5 Å². The molecule has 0 bridgehead atoms. The monoisotopic (exact) mass is 572 g/mol. The molecule has 0 fully saturated rings. The number of fused-ring (bicyclic) bond motifs is 3. The highest BCUT2D eigenvalue weighted by Crippen LogP contribution is 2.42. The van der Waals surface area contributed by atoms with Crippen LogP contribution in [0.5, 0.6) is 11.5 Å². The molecule has 0 amide bonds. The summed E-state index contributed by atoms with van der Waals surface area (Å²) in [5.74, 6) is 1.30. The van der Waals surface area contributed by atoms with Crippen molar-refractivity contribution in [1.82, 2.24) is 4.57 Å². The number of nitrogens with zero attached hydrogens (tertiary/aromatic N) is 2. The topological polar surface area (TPSA) is 52.8 Å². The van der Waals surface area contributed by atoms with E-state index in [2.05, 4.69) is 46.3 Å². The van der Waals surface area contributed by atoms with Crippen LogP contribution in [0.4, 0.5) is 0 Å². The zero-order valence-electron chi connectivity index (χ0n) is 20.7. The van der Waals surface area contributed by atoms with Crippen LogP contribution in [0.3, 0.4) is 0 Å². The first-order chi connectivity index (χ1) is 18.0. The van der Waals surface area contributed by atoms with Gasteiger partial charge >= 0.3 is 0 Å². The van der Waals surface area contributed by atoms with Crippen LogP contribution >= 0.6 is 27.3 Å². The molecule has 7 heteroatoms. The van der Waals surface area contributed by atoms with Crippen molar-refractivity contribution in [1.29, 1.82) is 0 Å². The van der Waals surface area contributed by atoms with E-state index in [4.69, 9.17) is 14.5 Å². The summed E-state index contributed by atoms with van der Waals surface area (Å²) in [5, 5.41) is 0. The number of hydrogen-bond donors (Lipinski definition) is 0. The largest absolute Gasteiger partial charge is 0.493 e. The van der Waals surface area contributed by atoms with Gasteiger partial charge in [-0.1, -0.05) is 69.7 Å². The van der Waals surface area contributed by atoms with Crippen molar-refractivity contribution < 1.29 is 9.47 Å². The number of aryl methyl sites for hydroxylation is 2. The number of thiazole rings is 1. The molecular formula is C30H25BrN2O3S. The maximum atomic E-state index is 13.9. The highest BCUT2D eigenvalue weighted by Gasteiger charge is 2.33. The van der Waals surface area contributed by atoms with Crippen LogP contribution in [-0.4, -0.2) is 18.8 Å². The van der Waals surface area contributed by atoms with Crippen molar-refractivity contribution >= 4 is 39.0 Å². The Kier molecular flexibility index (Phi) is 6.13. The second-order valence-corrected chi connectivity index (χ2v) is 11.1. The van der Waals surface area contributed by atoms with Crippen LogP contribution in [0.1, 0.15) is 40.3 Å². The summed E-state index contributed by atoms with van der Waals surface area (Å²) >= 11 is 5.05. The fraction of sp³-hybridized carbons (Fsp3) is 0.200. The summed E-state index contributed by atoms with van der Waals surface area (Å²) in [5.41, 5.74) is 7.64. The van der Waals surface area contributed by atoms with Crippen molar-refractivity contribution in [2.24, 2.45) is 4.99 Å². The minimum atomic E-state index is -0.272. The number of benzene rings is 3. The normalized spacial score (nSPS) is 16.5. The molecule has 2 aliphatic rings. The molecule has 37 heavy (non-hydrogen) atoms. The summed E-state index contributed by atoms with van der Waals surface area (Å²) < 4.78 is 14.6. The predicted octanol–water partition coefficient (Wildman–Crippen LogP) is 5.41. The molecule has 0 N–H and O–H groups in total. The quantitative estimate of drug-likeness (QED) is 0.328. The molecule has 5 nitrogen and oxygen atoms in total. The smallest absolute Gasteiger partial charge is 0.271 e. The first-order valence-corrected chi connectivity index (χ1v) is 13.7. The second kappa shape index (κ2) is 9.47. The van der Waals surface area contributed by atoms with Crippen LogP contribution in [0, 0.1) is 6.92 Å². The molecule has 0 saturated carbocycles. The van der Waals surface area contributed by atoms with Gasteiger partial charge in [-0.3, -0.25) is 9.36 Å². The molecule has 6 rings (SSSR count). The summed E-state index contributed by atoms with van der Waals surface area (Å²) in [6.45, 7) is 2.05. The van der Waals surface area contributed by atoms with Gasteiger partial charge in [0.15, 0.2) is 16.3 Å². The summed E-state index contributed by atoms with van der Waals surface area (Å²) in [4.78, 5) is 19.7. The van der Waals surface area contributed by atoms with Crippen LogP contribution in [-0.2, 0) is 6.42 Å². The van der Waals surface area contributed by atoms with E-state index >= 15 is 0 Å². The Hall–Kier alpha value is -3.42. The van der Waals surface area contributed by atoms with Gasteiger partial charge in [0.1, 0.15) is 0 Å². The van der Waals surface area contributed by atoms with Gasteiger partial charge in [0.2, 0.25) is 0 Å². The Labute approximate surface area is 227 Å². The molecule has 0 spiro atoms. The number of hydrogen-bond acceptors (Lipinski definition) is 5. The van der Waals surface area contributed by atoms with E-state index in [1.54, 1.807) is 14.2 Å². The lowest BCUT2D eigenvalue weighted by Gasteiger charge is -2.31. The molecule has 2 heterocycles. The average molecular weight is 574 g/mol. The van der Waals surface area contributed by atoms with Gasteiger partial charge in [0.05, 0.1) is 30.5 Å². The standard InChI is InChI=1S/C30H25BrN2O3S/c1-17-8-9-18(14-23(17)31)15-26-29(34)33-28(20-11-13-24(35-2)25(16-20)36-3)22-12-10-19-6-4-5-7-21(19)27(22)32-30(33)37-26/h4-9,11,13-16,28H,10,12H2,1-3H3/b26-15-/t28-/m0/s1. The Morgan fingerprint density at radius 3 is 2.62 bits per heavy atom. The average Bonchev–Trinajstić information content (AvgIpc) is 3.23. The van der Waals surface area contributed by atoms with Gasteiger partial charge < -0.3 is 9.47 Å². The molecule has 1 aromatic heterocycles. The van der Waals surface area contributed by atoms with E-state index < -0.39 is 0 Å². The van der Waals surface area contributed by atoms with E-state index in [0.29, 0.717) is 20.8 Å². The number of rotatable bonds is 4. The van der Waals surface area contributed by atoms with Gasteiger partial charge in [-0.15, -0.1) is 0 Å². The fourth-order valence-electron chi connectivity index (χ4n) is 5.20. The number of halogens is 1. The first kappa shape index (κ1) is 23.9. The van der Waals surface area contributed by atoms with Gasteiger partial charge in [-0.2, -0.15) is 0 Å². The molecule has 4 aromatic rings. The van der Waals surface area contributed by atoms with Crippen molar-refractivity contribution in [2.45, 2.75) is 25.8 Å². The van der Waals surface area contributed by atoms with Crippen LogP contribution in [0.25, 0.3) is 11.8 Å². The molecule has 3 aromatic carbocycles. The van der Waals surface area contributed by atoms with Gasteiger partial charge in [0, 0.05) is 10.0 Å². The van der Waals surface area contributed by atoms with Crippen molar-refractivity contribution in [2.75, 3.05) is 14.2 Å². The number of methoxy groups -OCH3 is 2. The molecule has 0 radical (unpaired) electrons. The van der Waals surface area contributed by atoms with Crippen molar-refractivity contribution in [3.63, 3.8) is 0 Å². The van der Waals surface area contributed by atoms with Crippen LogP contribution < -0.4 is 24.4 Å². The van der Waals surface area contributed by atoms with Gasteiger partial charge in [-0.25, -0.2) is 4.99 Å². The maximum absolute atomic E-state index is 13.9. The van der Waals surface area contributed by atoms with E-state index in [1.807, 2.05) is 47.9 Å². The second-order valence-electron chi connectivity index (χ2n) is 9.24. The molecular weight excluding hydrogens is 548 g/mol. The highest BCUT2D eigenvalue weighted by atomic mass is 79.9. The Bertz CT molecular complexity index is 1770. The molecule has 1 atom stereocenters. The lowest BCUT2D eigenvalue weighted by Crippen LogP contribution is -2.38. The number of aromatic nitrogens is 1. The van der Waals surface area contributed by atoms with E-state index in [1.165, 1.54) is 16.9 Å². The lowest BCUT2D eigenvalue weighted by molar-refractivity contribution is 0.354. The first-order valence-electron chi connectivity index (χ1n) is 12.1. The zero-order chi connectivity index (χ0) is 25.7. The van der Waals surface area contributed by atoms with E-state index in [-0.39, 0.29) is 11.6 Å². The summed E-state index contributed by atoms with van der Waals surface area (Å²) in [6, 6.07) is 20.2. The Morgan fingerprint density at radius 1 is 1.03 bits per heavy atom. The third kappa shape index (κ3) is 4.06. The van der Waals surface area contributed by atoms with Gasteiger partial charge in [0.25, 0.3) is 5.56 Å². The maximum Gasteiger partial charge on any atom is 0.271 e. The van der Waals surface area contributed by atoms with Gasteiger partial charge in [-0.05, 0) is 71.9 Å². The predicted molar refractivity (Wildman–Crippen MR) is 151 cm³/mol. The molecule has 1 aliphatic heterocycles. The summed E-state index contributed by atoms with van der Waals surface area (Å²) in [6.07, 6.45) is 3.70. The van der Waals surface area contributed by atoms with E-state index in [0.717, 1.165) is 50.8 Å². The number of allylic oxidation sites excluding steroid dienone is 1. The molecule has 0 unspecified atom stereocenters. The minimum Gasteiger partial charge on any atom is -0.493 e. The third-order valence-electron chi connectivity index (χ3n) is 7.09. The third-order valence-corrected chi connectivity index (χ3v) is 8.93. The fourth-order valence-corrected chi connectivity index (χ4v) is 6.59. The van der Waals surface area contributed by atoms with Crippen molar-refractivity contribution in [3.05, 3.63) is 118 Å². The van der Waals surface area contributed by atoms with Crippen LogP contribution in [0.15, 0.2) is 80.5 Å². The SMILES string of the molecule is COc1ccc([C@H]2C3=C(N=c4s/c(=C\c5ccc(C)c(Br)c5)c(=O)n42)c2ccccc2CC3)cc1OC. The van der Waals surface area contributed by atoms with Crippen LogP contribution in [0.2, 0.25) is 0 Å². The highest BCUT2D eigenvalue weighted by molar-refractivity contribution is 9.10. The Balaban J connectivity index is 1.62. The van der Waals surface area contributed by atoms with E-state index in [9.17, 15) is 4.79 Å². The number of ether oxygens (including phenoxy) is 2. The summed E-state index contributed by atoms with van der Waals surface area (Å²) in [7, 11) is 3.26. The molecule has 0 saturated heterocycles.